The topological polar surface area (TPSA) is 29.1 Å². The van der Waals surface area contributed by atoms with E-state index in [-0.39, 0.29) is 11.8 Å². The molecule has 2 atom stereocenters. The first-order valence-electron chi connectivity index (χ1n) is 4.08. The highest BCUT2D eigenvalue weighted by Crippen LogP contribution is 2.17. The van der Waals surface area contributed by atoms with Gasteiger partial charge in [-0.3, -0.25) is 4.79 Å². The average Bonchev–Trinajstić information content (AvgIpc) is 2.15. The van der Waals surface area contributed by atoms with E-state index in [0.717, 1.165) is 12.8 Å². The summed E-state index contributed by atoms with van der Waals surface area (Å²) in [5, 5.41) is 3.01. The first kappa shape index (κ1) is 8.65. The number of halogens is 1. The Labute approximate surface area is 66.2 Å². The van der Waals surface area contributed by atoms with Crippen molar-refractivity contribution in [1.29, 1.82) is 0 Å². The van der Waals surface area contributed by atoms with Crippen molar-refractivity contribution >= 4 is 5.78 Å². The van der Waals surface area contributed by atoms with Crippen LogP contribution in [0.3, 0.4) is 0 Å². The Bertz CT molecular complexity index is 149. The normalized spacial score (nSPS) is 33.5. The average molecular weight is 159 g/mol. The van der Waals surface area contributed by atoms with Gasteiger partial charge in [0, 0.05) is 12.5 Å². The molecule has 0 aromatic rings. The van der Waals surface area contributed by atoms with Crippen LogP contribution in [0.2, 0.25) is 0 Å². The Morgan fingerprint density at radius 1 is 1.55 bits per heavy atom. The predicted octanol–water partition coefficient (Wildman–Crippen LogP) is 1.06. The zero-order valence-corrected chi connectivity index (χ0v) is 6.77. The fraction of sp³-hybridized carbons (Fsp3) is 0.875. The summed E-state index contributed by atoms with van der Waals surface area (Å²) in [6.45, 7) is 0. The Balaban J connectivity index is 2.48. The molecule has 1 aliphatic carbocycles. The minimum atomic E-state index is -1.20. The molecule has 0 unspecified atom stereocenters. The molecule has 0 spiro atoms. The second-order valence-electron chi connectivity index (χ2n) is 3.05. The lowest BCUT2D eigenvalue weighted by atomic mass is 10.1. The molecule has 0 bridgehead atoms. The smallest absolute Gasteiger partial charge is 0.168 e. The molecule has 0 radical (unpaired) electrons. The Kier molecular flexibility index (Phi) is 3.00. The SMILES string of the molecule is CN[C@@H]1CCC[C@H](F)C(=O)C1. The number of ketones is 1. The van der Waals surface area contributed by atoms with Crippen molar-refractivity contribution in [3.05, 3.63) is 0 Å². The minimum absolute atomic E-state index is 0.197. The van der Waals surface area contributed by atoms with E-state index in [2.05, 4.69) is 5.32 Å². The third-order valence-corrected chi connectivity index (χ3v) is 2.22. The maximum absolute atomic E-state index is 12.8. The van der Waals surface area contributed by atoms with Gasteiger partial charge < -0.3 is 5.32 Å². The Morgan fingerprint density at radius 3 is 2.91 bits per heavy atom. The largest absolute Gasteiger partial charge is 0.317 e. The molecular formula is C8H14FNO. The molecule has 1 aliphatic rings. The zero-order chi connectivity index (χ0) is 8.27. The summed E-state index contributed by atoms with van der Waals surface area (Å²) >= 11 is 0. The first-order valence-corrected chi connectivity index (χ1v) is 4.08. The van der Waals surface area contributed by atoms with Gasteiger partial charge in [-0.15, -0.1) is 0 Å². The fourth-order valence-corrected chi connectivity index (χ4v) is 1.42. The van der Waals surface area contributed by atoms with E-state index in [4.69, 9.17) is 0 Å². The van der Waals surface area contributed by atoms with E-state index >= 15 is 0 Å². The molecular weight excluding hydrogens is 145 g/mol. The maximum Gasteiger partial charge on any atom is 0.168 e. The highest BCUT2D eigenvalue weighted by Gasteiger charge is 2.24. The van der Waals surface area contributed by atoms with Crippen molar-refractivity contribution in [2.45, 2.75) is 37.9 Å². The number of hydrogen-bond donors (Lipinski definition) is 1. The molecule has 11 heavy (non-hydrogen) atoms. The van der Waals surface area contributed by atoms with E-state index < -0.39 is 6.17 Å². The molecule has 3 heteroatoms. The van der Waals surface area contributed by atoms with E-state index in [1.165, 1.54) is 0 Å². The van der Waals surface area contributed by atoms with Gasteiger partial charge in [0.2, 0.25) is 0 Å². The van der Waals surface area contributed by atoms with Crippen LogP contribution in [-0.2, 0) is 4.79 Å². The van der Waals surface area contributed by atoms with Gasteiger partial charge in [-0.05, 0) is 26.3 Å². The summed E-state index contributed by atoms with van der Waals surface area (Å²) < 4.78 is 12.8. The van der Waals surface area contributed by atoms with Crippen LogP contribution >= 0.6 is 0 Å². The second-order valence-corrected chi connectivity index (χ2v) is 3.05. The quantitative estimate of drug-likeness (QED) is 0.579. The summed E-state index contributed by atoms with van der Waals surface area (Å²) in [5.41, 5.74) is 0. The van der Waals surface area contributed by atoms with Crippen LogP contribution in [0.5, 0.6) is 0 Å². The lowest BCUT2D eigenvalue weighted by Crippen LogP contribution is -2.28. The highest BCUT2D eigenvalue weighted by atomic mass is 19.1. The van der Waals surface area contributed by atoms with Crippen LogP contribution in [0, 0.1) is 0 Å². The number of carbonyl (C=O) groups excluding carboxylic acids is 1. The molecule has 1 fully saturated rings. The Morgan fingerprint density at radius 2 is 2.27 bits per heavy atom. The van der Waals surface area contributed by atoms with Crippen molar-refractivity contribution in [2.75, 3.05) is 7.05 Å². The molecule has 1 saturated carbocycles. The molecule has 0 aromatic heterocycles. The number of hydrogen-bond acceptors (Lipinski definition) is 2. The van der Waals surface area contributed by atoms with Gasteiger partial charge in [0.05, 0.1) is 0 Å². The van der Waals surface area contributed by atoms with Crippen molar-refractivity contribution in [2.24, 2.45) is 0 Å². The van der Waals surface area contributed by atoms with Crippen LogP contribution in [-0.4, -0.2) is 25.0 Å². The molecule has 0 aromatic carbocycles. The number of rotatable bonds is 1. The van der Waals surface area contributed by atoms with Gasteiger partial charge in [-0.2, -0.15) is 0 Å². The lowest BCUT2D eigenvalue weighted by molar-refractivity contribution is -0.123. The molecule has 0 aliphatic heterocycles. The molecule has 1 rings (SSSR count). The molecule has 0 heterocycles. The summed E-state index contributed by atoms with van der Waals surface area (Å²) in [6.07, 6.45) is 1.31. The van der Waals surface area contributed by atoms with Crippen LogP contribution in [0.25, 0.3) is 0 Å². The maximum atomic E-state index is 12.8. The van der Waals surface area contributed by atoms with Gasteiger partial charge in [0.15, 0.2) is 12.0 Å². The third kappa shape index (κ3) is 2.26. The van der Waals surface area contributed by atoms with Gasteiger partial charge >= 0.3 is 0 Å². The van der Waals surface area contributed by atoms with Crippen LogP contribution in [0.15, 0.2) is 0 Å². The minimum Gasteiger partial charge on any atom is -0.317 e. The molecule has 1 N–H and O–H groups in total. The number of carbonyl (C=O) groups is 1. The predicted molar refractivity (Wildman–Crippen MR) is 41.2 cm³/mol. The molecule has 0 amide bonds. The first-order chi connectivity index (χ1) is 5.24. The molecule has 64 valence electrons. The van der Waals surface area contributed by atoms with Crippen molar-refractivity contribution in [3.8, 4) is 0 Å². The third-order valence-electron chi connectivity index (χ3n) is 2.22. The van der Waals surface area contributed by atoms with Crippen LogP contribution < -0.4 is 5.32 Å². The zero-order valence-electron chi connectivity index (χ0n) is 6.77. The van der Waals surface area contributed by atoms with Crippen LogP contribution in [0.1, 0.15) is 25.7 Å². The van der Waals surface area contributed by atoms with Gasteiger partial charge in [-0.25, -0.2) is 4.39 Å². The fourth-order valence-electron chi connectivity index (χ4n) is 1.42. The summed E-state index contributed by atoms with van der Waals surface area (Å²) in [4.78, 5) is 11.0. The number of Topliss-reactive ketones (excluding diaryl/α,β-unsaturated/α-hetero) is 1. The van der Waals surface area contributed by atoms with E-state index in [1.807, 2.05) is 7.05 Å². The standard InChI is InChI=1S/C8H14FNO/c1-10-6-3-2-4-7(9)8(11)5-6/h6-7,10H,2-5H2,1H3/t6-,7+/m1/s1. The highest BCUT2D eigenvalue weighted by molar-refractivity contribution is 5.83. The van der Waals surface area contributed by atoms with Gasteiger partial charge in [0.25, 0.3) is 0 Å². The number of alkyl halides is 1. The van der Waals surface area contributed by atoms with E-state index in [1.54, 1.807) is 0 Å². The lowest BCUT2D eigenvalue weighted by Gasteiger charge is -2.10. The van der Waals surface area contributed by atoms with Crippen molar-refractivity contribution in [3.63, 3.8) is 0 Å². The van der Waals surface area contributed by atoms with Crippen LogP contribution in [0.4, 0.5) is 4.39 Å². The Hall–Kier alpha value is -0.440. The van der Waals surface area contributed by atoms with E-state index in [9.17, 15) is 9.18 Å². The molecule has 0 saturated heterocycles. The molecule has 2 nitrogen and oxygen atoms in total. The summed E-state index contributed by atoms with van der Waals surface area (Å²) in [5.74, 6) is -0.234. The monoisotopic (exact) mass is 159 g/mol. The number of nitrogens with one attached hydrogen (secondary N) is 1. The van der Waals surface area contributed by atoms with Crippen molar-refractivity contribution in [1.82, 2.24) is 5.32 Å². The van der Waals surface area contributed by atoms with E-state index in [0.29, 0.717) is 12.8 Å². The van der Waals surface area contributed by atoms with Gasteiger partial charge in [-0.1, -0.05) is 0 Å². The summed E-state index contributed by atoms with van der Waals surface area (Å²) in [6, 6.07) is 0.197. The second kappa shape index (κ2) is 3.81. The summed E-state index contributed by atoms with van der Waals surface area (Å²) in [7, 11) is 1.82. The van der Waals surface area contributed by atoms with Crippen molar-refractivity contribution < 1.29 is 9.18 Å². The van der Waals surface area contributed by atoms with Gasteiger partial charge in [0.1, 0.15) is 0 Å².